The fraction of sp³-hybridized carbons (Fsp3) is 0.100. The van der Waals surface area contributed by atoms with E-state index in [0.29, 0.717) is 0 Å². The molecule has 2 aromatic rings. The number of hydrogen-bond donors (Lipinski definition) is 12. The summed E-state index contributed by atoms with van der Waals surface area (Å²) in [4.78, 5) is 25.7. The van der Waals surface area contributed by atoms with Crippen molar-refractivity contribution in [2.24, 2.45) is 22.9 Å². The molecule has 0 saturated carbocycles. The molecule has 0 bridgehead atoms. The molecule has 0 amide bonds. The van der Waals surface area contributed by atoms with E-state index >= 15 is 0 Å². The van der Waals surface area contributed by atoms with E-state index in [1.807, 2.05) is 0 Å². The number of thiol groups is 1. The lowest BCUT2D eigenvalue weighted by atomic mass is 9.93. The third-order valence-electron chi connectivity index (χ3n) is 5.48. The van der Waals surface area contributed by atoms with Crippen molar-refractivity contribution in [1.29, 1.82) is 0 Å². The minimum atomic E-state index is -1.02. The molecule has 2 aromatic carbocycles. The highest BCUT2D eigenvalue weighted by molar-refractivity contribution is 7.81. The second kappa shape index (κ2) is 9.43. The first-order chi connectivity index (χ1) is 16.8. The topological polar surface area (TPSA) is 325 Å². The maximum Gasteiger partial charge on any atom is 0.347 e. The number of anilines is 7. The van der Waals surface area contributed by atoms with E-state index in [9.17, 15) is 9.59 Å². The number of carbonyl (C=O) groups is 2. The lowest BCUT2D eigenvalue weighted by molar-refractivity contribution is -0.130. The maximum absolute atomic E-state index is 12.9. The predicted molar refractivity (Wildman–Crippen MR) is 142 cm³/mol. The van der Waals surface area contributed by atoms with Crippen molar-refractivity contribution in [2.45, 2.75) is 12.5 Å². The number of nitrogens with one attached hydrogen (secondary N) is 1. The average molecular weight is 518 g/mol. The molecule has 1 unspecified atom stereocenters. The third kappa shape index (κ3) is 4.32. The van der Waals surface area contributed by atoms with Gasteiger partial charge in [-0.2, -0.15) is 0 Å². The first-order valence-corrected chi connectivity index (χ1v) is 10.5. The second-order valence-electron chi connectivity index (χ2n) is 7.80. The minimum Gasteiger partial charge on any atom is -0.421 e. The third-order valence-corrected chi connectivity index (χ3v) is 5.71. The van der Waals surface area contributed by atoms with Gasteiger partial charge in [-0.05, 0) is 0 Å². The molecule has 1 aliphatic rings. The molecule has 0 radical (unpaired) electrons. The van der Waals surface area contributed by atoms with Crippen molar-refractivity contribution >= 4 is 64.6 Å². The van der Waals surface area contributed by atoms with Gasteiger partial charge in [0.2, 0.25) is 0 Å². The Morgan fingerprint density at radius 1 is 0.778 bits per heavy atom. The number of benzene rings is 2. The van der Waals surface area contributed by atoms with Crippen LogP contribution in [-0.2, 0) is 4.79 Å². The van der Waals surface area contributed by atoms with E-state index in [0.717, 1.165) is 6.07 Å². The van der Waals surface area contributed by atoms with E-state index in [1.165, 1.54) is 6.07 Å². The van der Waals surface area contributed by atoms with Crippen LogP contribution in [0.1, 0.15) is 16.8 Å². The summed E-state index contributed by atoms with van der Waals surface area (Å²) in [6, 6.07) is 1.50. The lowest BCUT2D eigenvalue weighted by Crippen LogP contribution is -2.39. The number of nitrogen functional groups attached to an aromatic ring is 6. The summed E-state index contributed by atoms with van der Waals surface area (Å²) in [6.07, 6.45) is 0.0881. The number of ether oxygens (including phenoxy) is 2. The average Bonchev–Trinajstić information content (AvgIpc) is 2.79. The highest BCUT2D eigenvalue weighted by Gasteiger charge is 2.31. The van der Waals surface area contributed by atoms with Crippen molar-refractivity contribution in [1.82, 2.24) is 0 Å². The Morgan fingerprint density at radius 2 is 1.36 bits per heavy atom. The SMILES string of the molecule is NC1=C(N)C(N)=C(C(=O)Oc2cc(N)c(C(=O)Oc3cc(N)c(N)c(N)c3NS)c(N)c2N)C(N)C1. The quantitative estimate of drug-likeness (QED) is 0.0941. The van der Waals surface area contributed by atoms with Gasteiger partial charge in [0.25, 0.3) is 0 Å². The minimum absolute atomic E-state index is 0.00209. The zero-order valence-electron chi connectivity index (χ0n) is 18.8. The molecule has 36 heavy (non-hydrogen) atoms. The van der Waals surface area contributed by atoms with Gasteiger partial charge in [0, 0.05) is 30.3 Å². The Morgan fingerprint density at radius 3 is 1.97 bits per heavy atom. The molecule has 3 rings (SSSR count). The summed E-state index contributed by atoms with van der Waals surface area (Å²) in [7, 11) is 0. The van der Waals surface area contributed by atoms with Crippen LogP contribution >= 0.6 is 12.8 Å². The molecule has 21 N–H and O–H groups in total. The molecule has 0 aromatic heterocycles. The normalized spacial score (nSPS) is 15.6. The van der Waals surface area contributed by atoms with Gasteiger partial charge in [0.15, 0.2) is 11.5 Å². The van der Waals surface area contributed by atoms with E-state index in [4.69, 9.17) is 66.8 Å². The van der Waals surface area contributed by atoms with Gasteiger partial charge in [-0.25, -0.2) is 9.59 Å². The Labute approximate surface area is 210 Å². The van der Waals surface area contributed by atoms with Crippen LogP contribution in [0.2, 0.25) is 0 Å². The van der Waals surface area contributed by atoms with E-state index in [2.05, 4.69) is 17.5 Å². The van der Waals surface area contributed by atoms with Gasteiger partial charge in [-0.1, -0.05) is 12.8 Å². The monoisotopic (exact) mass is 517 g/mol. The molecule has 1 aliphatic carbocycles. The zero-order chi connectivity index (χ0) is 27.1. The summed E-state index contributed by atoms with van der Waals surface area (Å²) in [5, 5.41) is 0. The molecule has 15 nitrogen and oxygen atoms in total. The summed E-state index contributed by atoms with van der Waals surface area (Å²) in [5.41, 5.74) is 58.1. The Kier molecular flexibility index (Phi) is 6.76. The molecular weight excluding hydrogens is 490 g/mol. The fourth-order valence-corrected chi connectivity index (χ4v) is 3.70. The number of carbonyl (C=O) groups excluding carboxylic acids is 2. The molecule has 16 heteroatoms. The molecule has 1 atom stereocenters. The summed E-state index contributed by atoms with van der Waals surface area (Å²) >= 11 is 3.93. The van der Waals surface area contributed by atoms with Crippen LogP contribution in [0, 0.1) is 0 Å². The van der Waals surface area contributed by atoms with Gasteiger partial charge in [0.05, 0.1) is 51.1 Å². The second-order valence-corrected chi connectivity index (χ2v) is 8.02. The van der Waals surface area contributed by atoms with Gasteiger partial charge in [-0.3, -0.25) is 0 Å². The van der Waals surface area contributed by atoms with E-state index < -0.39 is 18.0 Å². The van der Waals surface area contributed by atoms with Crippen LogP contribution in [0.25, 0.3) is 0 Å². The van der Waals surface area contributed by atoms with Crippen molar-refractivity contribution in [2.75, 3.05) is 39.1 Å². The summed E-state index contributed by atoms with van der Waals surface area (Å²) in [5.74, 6) is -2.32. The predicted octanol–water partition coefficient (Wildman–Crippen LogP) is -1.37. The van der Waals surface area contributed by atoms with Crippen molar-refractivity contribution in [3.8, 4) is 11.5 Å². The van der Waals surface area contributed by atoms with Crippen LogP contribution in [0.5, 0.6) is 11.5 Å². The van der Waals surface area contributed by atoms with Crippen molar-refractivity contribution < 1.29 is 19.1 Å². The van der Waals surface area contributed by atoms with Gasteiger partial charge < -0.3 is 71.5 Å². The lowest BCUT2D eigenvalue weighted by Gasteiger charge is -2.24. The highest BCUT2D eigenvalue weighted by atomic mass is 32.1. The van der Waals surface area contributed by atoms with Crippen molar-refractivity contribution in [3.05, 3.63) is 40.4 Å². The van der Waals surface area contributed by atoms with Gasteiger partial charge in [0.1, 0.15) is 11.3 Å². The van der Waals surface area contributed by atoms with Gasteiger partial charge in [-0.15, -0.1) is 0 Å². The molecule has 0 spiro atoms. The first-order valence-electron chi connectivity index (χ1n) is 10.1. The van der Waals surface area contributed by atoms with Crippen LogP contribution in [0.15, 0.2) is 34.8 Å². The molecular formula is C20H27N11O4S. The summed E-state index contributed by atoms with van der Waals surface area (Å²) < 4.78 is 13.2. The fourth-order valence-electron chi connectivity index (χ4n) is 3.47. The largest absolute Gasteiger partial charge is 0.421 e. The number of esters is 2. The van der Waals surface area contributed by atoms with Crippen LogP contribution in [0.4, 0.5) is 39.8 Å². The smallest absolute Gasteiger partial charge is 0.347 e. The molecule has 192 valence electrons. The molecule has 0 saturated heterocycles. The summed E-state index contributed by atoms with van der Waals surface area (Å²) in [6.45, 7) is 0. The first kappa shape index (κ1) is 25.8. The number of hydrogen-bond acceptors (Lipinski definition) is 16. The van der Waals surface area contributed by atoms with E-state index in [-0.39, 0.29) is 86.0 Å². The van der Waals surface area contributed by atoms with Gasteiger partial charge >= 0.3 is 11.9 Å². The Hall–Kier alpha value is -4.83. The standard InChI is InChI=1S/C20H27N11O4S/c21-4-1-6(23)12(25)15(28)10(4)19(32)34-8-2-5(22)11(16(29)14(8)27)20(33)35-9-3-7(24)13(26)17(30)18(9)31-36/h2-4,31,36H,1,21-30H2. The highest BCUT2D eigenvalue weighted by Crippen LogP contribution is 2.41. The number of nitrogens with two attached hydrogens (primary N) is 10. The Bertz CT molecular complexity index is 1360. The van der Waals surface area contributed by atoms with Crippen LogP contribution < -0.4 is 71.5 Å². The van der Waals surface area contributed by atoms with E-state index in [1.54, 1.807) is 0 Å². The van der Waals surface area contributed by atoms with Crippen LogP contribution in [0.3, 0.4) is 0 Å². The zero-order valence-corrected chi connectivity index (χ0v) is 19.7. The molecule has 0 heterocycles. The number of rotatable bonds is 5. The van der Waals surface area contributed by atoms with Crippen molar-refractivity contribution in [3.63, 3.8) is 0 Å². The Balaban J connectivity index is 1.95. The molecule has 0 fully saturated rings. The maximum atomic E-state index is 12.9. The van der Waals surface area contributed by atoms with Crippen LogP contribution in [-0.4, -0.2) is 18.0 Å². The molecule has 0 aliphatic heterocycles.